The van der Waals surface area contributed by atoms with Gasteiger partial charge in [-0.15, -0.1) is 0 Å². The fraction of sp³-hybridized carbons (Fsp3) is 0.462. The molecule has 1 N–H and O–H groups in total. The van der Waals surface area contributed by atoms with Crippen LogP contribution in [0.25, 0.3) is 0 Å². The third-order valence-corrected chi connectivity index (χ3v) is 4.53. The van der Waals surface area contributed by atoms with E-state index in [1.54, 1.807) is 12.1 Å². The molecule has 17 heavy (non-hydrogen) atoms. The van der Waals surface area contributed by atoms with Crippen LogP contribution in [0.15, 0.2) is 18.2 Å². The average Bonchev–Trinajstić information content (AvgIpc) is 2.38. The lowest BCUT2D eigenvalue weighted by atomic mass is 10.1. The number of nitriles is 1. The maximum Gasteiger partial charge on any atom is 0.101 e. The van der Waals surface area contributed by atoms with Crippen molar-refractivity contribution in [1.29, 1.82) is 5.26 Å². The molecule has 0 bridgehead atoms. The van der Waals surface area contributed by atoms with Crippen LogP contribution < -0.4 is 5.32 Å². The molecule has 1 aromatic rings. The molecule has 90 valence electrons. The topological polar surface area (TPSA) is 35.8 Å². The molecule has 0 aliphatic carbocycles. The molecule has 0 aromatic heterocycles. The molecule has 2 rings (SSSR count). The first-order valence-electron chi connectivity index (χ1n) is 5.85. The summed E-state index contributed by atoms with van der Waals surface area (Å²) < 4.78 is 0. The molecule has 1 aromatic carbocycles. The predicted octanol–water partition coefficient (Wildman–Crippen LogP) is 3.91. The van der Waals surface area contributed by atoms with Gasteiger partial charge in [0.25, 0.3) is 0 Å². The molecule has 2 nitrogen and oxygen atoms in total. The first-order valence-corrected chi connectivity index (χ1v) is 7.27. The second-order valence-corrected chi connectivity index (χ2v) is 6.02. The molecule has 0 saturated carbocycles. The highest BCUT2D eigenvalue weighted by molar-refractivity contribution is 7.99. The number of rotatable bonds is 3. The lowest BCUT2D eigenvalue weighted by Gasteiger charge is -2.22. The first-order chi connectivity index (χ1) is 8.29. The highest BCUT2D eigenvalue weighted by Gasteiger charge is 2.14. The molecular weight excluding hydrogens is 252 g/mol. The van der Waals surface area contributed by atoms with Crippen molar-refractivity contribution in [2.24, 2.45) is 0 Å². The van der Waals surface area contributed by atoms with Gasteiger partial charge < -0.3 is 5.32 Å². The van der Waals surface area contributed by atoms with E-state index in [0.29, 0.717) is 15.8 Å². The fourth-order valence-corrected chi connectivity index (χ4v) is 3.36. The number of nitrogens with zero attached hydrogens (tertiary/aromatic N) is 1. The molecule has 0 amide bonds. The summed E-state index contributed by atoms with van der Waals surface area (Å²) in [7, 11) is 0. The molecule has 1 unspecified atom stereocenters. The molecule has 1 fully saturated rings. The van der Waals surface area contributed by atoms with Gasteiger partial charge in [0.15, 0.2) is 0 Å². The number of thioether (sulfide) groups is 1. The smallest absolute Gasteiger partial charge is 0.101 e. The van der Waals surface area contributed by atoms with Gasteiger partial charge in [0.1, 0.15) is 6.07 Å². The molecule has 0 spiro atoms. The summed E-state index contributed by atoms with van der Waals surface area (Å²) in [5.41, 5.74) is 1.52. The number of nitrogens with one attached hydrogen (secondary N) is 1. The van der Waals surface area contributed by atoms with Crippen LogP contribution in [0.1, 0.15) is 24.8 Å². The number of benzene rings is 1. The van der Waals surface area contributed by atoms with Crippen molar-refractivity contribution in [3.05, 3.63) is 28.8 Å². The summed E-state index contributed by atoms with van der Waals surface area (Å²) in [6.07, 6.45) is 3.92. The minimum atomic E-state index is 0.661. The summed E-state index contributed by atoms with van der Waals surface area (Å²) in [6.45, 7) is 0.916. The lowest BCUT2D eigenvalue weighted by molar-refractivity contribution is 0.677. The van der Waals surface area contributed by atoms with Crippen LogP contribution in [0, 0.1) is 11.3 Å². The van der Waals surface area contributed by atoms with E-state index in [-0.39, 0.29) is 0 Å². The number of hydrogen-bond acceptors (Lipinski definition) is 3. The molecule has 0 radical (unpaired) electrons. The molecule has 1 aliphatic rings. The first kappa shape index (κ1) is 12.6. The van der Waals surface area contributed by atoms with Crippen LogP contribution in [-0.2, 0) is 0 Å². The third-order valence-electron chi connectivity index (χ3n) is 2.90. The van der Waals surface area contributed by atoms with Crippen molar-refractivity contribution in [2.45, 2.75) is 24.5 Å². The highest BCUT2D eigenvalue weighted by atomic mass is 35.5. The maximum absolute atomic E-state index is 9.01. The zero-order valence-electron chi connectivity index (χ0n) is 9.58. The van der Waals surface area contributed by atoms with Crippen LogP contribution in [0.2, 0.25) is 5.02 Å². The van der Waals surface area contributed by atoms with E-state index in [4.69, 9.17) is 16.9 Å². The zero-order valence-corrected chi connectivity index (χ0v) is 11.2. The normalized spacial score (nSPS) is 19.6. The van der Waals surface area contributed by atoms with Gasteiger partial charge >= 0.3 is 0 Å². The standard InChI is InChI=1S/C13H15ClN2S/c14-11-5-4-10(8-15)13(7-11)16-9-12-3-1-2-6-17-12/h4-5,7,12,16H,1-3,6,9H2. The van der Waals surface area contributed by atoms with E-state index < -0.39 is 0 Å². The Morgan fingerprint density at radius 3 is 3.06 bits per heavy atom. The van der Waals surface area contributed by atoms with Crippen molar-refractivity contribution in [3.63, 3.8) is 0 Å². The SMILES string of the molecule is N#Cc1ccc(Cl)cc1NCC1CCCCS1. The van der Waals surface area contributed by atoms with E-state index in [0.717, 1.165) is 12.2 Å². The second-order valence-electron chi connectivity index (χ2n) is 4.17. The Morgan fingerprint density at radius 1 is 1.47 bits per heavy atom. The van der Waals surface area contributed by atoms with Crippen molar-refractivity contribution in [1.82, 2.24) is 0 Å². The second kappa shape index (κ2) is 6.18. The third kappa shape index (κ3) is 3.55. The number of halogens is 1. The molecule has 1 heterocycles. The highest BCUT2D eigenvalue weighted by Crippen LogP contribution is 2.26. The monoisotopic (exact) mass is 266 g/mol. The van der Waals surface area contributed by atoms with Crippen LogP contribution >= 0.6 is 23.4 Å². The predicted molar refractivity (Wildman–Crippen MR) is 74.8 cm³/mol. The van der Waals surface area contributed by atoms with Gasteiger partial charge in [-0.1, -0.05) is 18.0 Å². The average molecular weight is 267 g/mol. The summed E-state index contributed by atoms with van der Waals surface area (Å²) in [5, 5.41) is 13.7. The summed E-state index contributed by atoms with van der Waals surface area (Å²) in [4.78, 5) is 0. The Morgan fingerprint density at radius 2 is 2.35 bits per heavy atom. The van der Waals surface area contributed by atoms with Gasteiger partial charge in [0.05, 0.1) is 11.3 Å². The fourth-order valence-electron chi connectivity index (χ4n) is 1.95. The van der Waals surface area contributed by atoms with Crippen LogP contribution in [0.5, 0.6) is 0 Å². The molecule has 1 aliphatic heterocycles. The minimum absolute atomic E-state index is 0.661. The maximum atomic E-state index is 9.01. The Labute approximate surface area is 111 Å². The number of anilines is 1. The molecule has 4 heteroatoms. The quantitative estimate of drug-likeness (QED) is 0.901. The van der Waals surface area contributed by atoms with Gasteiger partial charge in [0.2, 0.25) is 0 Å². The summed E-state index contributed by atoms with van der Waals surface area (Å²) >= 11 is 7.96. The van der Waals surface area contributed by atoms with Crippen molar-refractivity contribution < 1.29 is 0 Å². The van der Waals surface area contributed by atoms with E-state index >= 15 is 0 Å². The lowest BCUT2D eigenvalue weighted by Crippen LogP contribution is -2.20. The van der Waals surface area contributed by atoms with Crippen LogP contribution in [-0.4, -0.2) is 17.5 Å². The van der Waals surface area contributed by atoms with E-state index in [1.165, 1.54) is 25.0 Å². The summed E-state index contributed by atoms with van der Waals surface area (Å²) in [6, 6.07) is 7.52. The van der Waals surface area contributed by atoms with E-state index in [2.05, 4.69) is 11.4 Å². The Kier molecular flexibility index (Phi) is 4.58. The number of hydrogen-bond donors (Lipinski definition) is 1. The van der Waals surface area contributed by atoms with Gasteiger partial charge in [-0.3, -0.25) is 0 Å². The molecule has 1 atom stereocenters. The van der Waals surface area contributed by atoms with Crippen LogP contribution in [0.4, 0.5) is 5.69 Å². The van der Waals surface area contributed by atoms with Crippen molar-refractivity contribution >= 4 is 29.1 Å². The van der Waals surface area contributed by atoms with Crippen molar-refractivity contribution in [3.8, 4) is 6.07 Å². The Bertz CT molecular complexity index is 422. The van der Waals surface area contributed by atoms with Gasteiger partial charge in [-0.2, -0.15) is 17.0 Å². The Hall–Kier alpha value is -0.850. The largest absolute Gasteiger partial charge is 0.383 e. The van der Waals surface area contributed by atoms with Gasteiger partial charge in [-0.25, -0.2) is 0 Å². The molecule has 1 saturated heterocycles. The van der Waals surface area contributed by atoms with Crippen molar-refractivity contribution in [2.75, 3.05) is 17.6 Å². The van der Waals surface area contributed by atoms with Crippen LogP contribution in [0.3, 0.4) is 0 Å². The Balaban J connectivity index is 1.98. The van der Waals surface area contributed by atoms with Gasteiger partial charge in [0, 0.05) is 16.8 Å². The van der Waals surface area contributed by atoms with E-state index in [1.807, 2.05) is 17.8 Å². The minimum Gasteiger partial charge on any atom is -0.383 e. The zero-order chi connectivity index (χ0) is 12.1. The van der Waals surface area contributed by atoms with E-state index in [9.17, 15) is 0 Å². The summed E-state index contributed by atoms with van der Waals surface area (Å²) in [5.74, 6) is 1.26. The molecular formula is C13H15ClN2S. The van der Waals surface area contributed by atoms with Gasteiger partial charge in [-0.05, 0) is 36.8 Å².